The fourth-order valence-electron chi connectivity index (χ4n) is 2.45. The van der Waals surface area contributed by atoms with Crippen molar-refractivity contribution in [2.75, 3.05) is 6.54 Å². The van der Waals surface area contributed by atoms with Crippen LogP contribution in [0.25, 0.3) is 11.5 Å². The zero-order chi connectivity index (χ0) is 19.9. The minimum atomic E-state index is -0.713. The van der Waals surface area contributed by atoms with E-state index in [1.54, 1.807) is 6.92 Å². The summed E-state index contributed by atoms with van der Waals surface area (Å²) in [7, 11) is 0. The van der Waals surface area contributed by atoms with Crippen LogP contribution in [0.2, 0.25) is 0 Å². The van der Waals surface area contributed by atoms with E-state index in [9.17, 15) is 9.59 Å². The van der Waals surface area contributed by atoms with Gasteiger partial charge in [0.25, 0.3) is 5.22 Å². The first-order chi connectivity index (χ1) is 13.6. The highest BCUT2D eigenvalue weighted by Crippen LogP contribution is 2.35. The van der Waals surface area contributed by atoms with Crippen LogP contribution in [0.4, 0.5) is 4.79 Å². The van der Waals surface area contributed by atoms with Gasteiger partial charge in [-0.05, 0) is 43.3 Å². The summed E-state index contributed by atoms with van der Waals surface area (Å²) in [6.45, 7) is 4.20. The minimum Gasteiger partial charge on any atom is -0.411 e. The second kappa shape index (κ2) is 9.18. The van der Waals surface area contributed by atoms with Crippen LogP contribution in [-0.4, -0.2) is 28.7 Å². The Bertz CT molecular complexity index is 942. The van der Waals surface area contributed by atoms with Crippen molar-refractivity contribution in [3.63, 3.8) is 0 Å². The zero-order valence-corrected chi connectivity index (χ0v) is 16.3. The minimum absolute atomic E-state index is 0.246. The lowest BCUT2D eigenvalue weighted by Crippen LogP contribution is -2.41. The number of benzene rings is 2. The lowest BCUT2D eigenvalue weighted by Gasteiger charge is -2.14. The van der Waals surface area contributed by atoms with Gasteiger partial charge in [0, 0.05) is 12.1 Å². The normalized spacial score (nSPS) is 11.6. The molecule has 3 aromatic rings. The second-order valence-corrected chi connectivity index (χ2v) is 7.05. The molecule has 1 atom stereocenters. The molecule has 0 radical (unpaired) electrons. The summed E-state index contributed by atoms with van der Waals surface area (Å²) in [6.07, 6.45) is 0. The van der Waals surface area contributed by atoms with E-state index >= 15 is 0 Å². The predicted molar refractivity (Wildman–Crippen MR) is 107 cm³/mol. The number of aromatic nitrogens is 2. The standard InChI is InChI=1S/C20H20N4O3S/c1-3-21-19(26)22-17(25)16(14-7-5-4-6-8-14)28-20-24-23-18(27-20)15-11-9-13(2)10-12-15/h4-12,16H,3H2,1-2H3,(H2,21,22,25,26)/t16-/m0/s1. The van der Waals surface area contributed by atoms with Crippen molar-refractivity contribution in [2.24, 2.45) is 0 Å². The molecule has 8 heteroatoms. The number of carbonyl (C=O) groups excluding carboxylic acids is 2. The van der Waals surface area contributed by atoms with Crippen LogP contribution in [0.3, 0.4) is 0 Å². The van der Waals surface area contributed by atoms with Gasteiger partial charge < -0.3 is 9.73 Å². The van der Waals surface area contributed by atoms with E-state index in [0.717, 1.165) is 28.5 Å². The molecule has 28 heavy (non-hydrogen) atoms. The monoisotopic (exact) mass is 396 g/mol. The summed E-state index contributed by atoms with van der Waals surface area (Å²) in [5.41, 5.74) is 2.65. The number of carbonyl (C=O) groups is 2. The molecule has 0 aliphatic carbocycles. The van der Waals surface area contributed by atoms with Gasteiger partial charge in [0.15, 0.2) is 0 Å². The summed E-state index contributed by atoms with van der Waals surface area (Å²) in [6, 6.07) is 16.3. The molecular weight excluding hydrogens is 376 g/mol. The fourth-order valence-corrected chi connectivity index (χ4v) is 3.33. The van der Waals surface area contributed by atoms with Crippen molar-refractivity contribution >= 4 is 23.7 Å². The maximum atomic E-state index is 12.7. The van der Waals surface area contributed by atoms with Crippen LogP contribution in [0.1, 0.15) is 23.3 Å². The van der Waals surface area contributed by atoms with Crippen LogP contribution in [0, 0.1) is 6.92 Å². The second-order valence-electron chi connectivity index (χ2n) is 6.00. The maximum absolute atomic E-state index is 12.7. The summed E-state index contributed by atoms with van der Waals surface area (Å²) < 4.78 is 5.72. The Balaban J connectivity index is 1.81. The first kappa shape index (κ1) is 19.6. The number of imide groups is 1. The van der Waals surface area contributed by atoms with Crippen LogP contribution in [0.15, 0.2) is 64.2 Å². The Hall–Kier alpha value is -3.13. The predicted octanol–water partition coefficient (Wildman–Crippen LogP) is 3.72. The van der Waals surface area contributed by atoms with Crippen molar-refractivity contribution < 1.29 is 14.0 Å². The number of nitrogens with one attached hydrogen (secondary N) is 2. The third-order valence-electron chi connectivity index (χ3n) is 3.84. The maximum Gasteiger partial charge on any atom is 0.321 e. The Kier molecular flexibility index (Phi) is 6.44. The average molecular weight is 396 g/mol. The first-order valence-electron chi connectivity index (χ1n) is 8.77. The average Bonchev–Trinajstić information content (AvgIpc) is 3.16. The highest BCUT2D eigenvalue weighted by atomic mass is 32.2. The number of urea groups is 1. The van der Waals surface area contributed by atoms with Gasteiger partial charge >= 0.3 is 6.03 Å². The van der Waals surface area contributed by atoms with Gasteiger partial charge in [0.1, 0.15) is 5.25 Å². The lowest BCUT2D eigenvalue weighted by molar-refractivity contribution is -0.119. The Morgan fingerprint density at radius 3 is 2.46 bits per heavy atom. The largest absolute Gasteiger partial charge is 0.411 e. The lowest BCUT2D eigenvalue weighted by atomic mass is 10.1. The van der Waals surface area contributed by atoms with Gasteiger partial charge in [-0.25, -0.2) is 4.79 Å². The van der Waals surface area contributed by atoms with Crippen molar-refractivity contribution in [3.8, 4) is 11.5 Å². The molecule has 0 unspecified atom stereocenters. The molecule has 2 N–H and O–H groups in total. The molecule has 0 fully saturated rings. The molecule has 7 nitrogen and oxygen atoms in total. The molecule has 2 aromatic carbocycles. The molecule has 144 valence electrons. The molecule has 0 bridgehead atoms. The van der Waals surface area contributed by atoms with Gasteiger partial charge in [-0.15, -0.1) is 10.2 Å². The fraction of sp³-hybridized carbons (Fsp3) is 0.200. The quantitative estimate of drug-likeness (QED) is 0.616. The van der Waals surface area contributed by atoms with Crippen LogP contribution >= 0.6 is 11.8 Å². The molecule has 0 aliphatic heterocycles. The van der Waals surface area contributed by atoms with E-state index < -0.39 is 17.2 Å². The van der Waals surface area contributed by atoms with Gasteiger partial charge in [-0.2, -0.15) is 0 Å². The first-order valence-corrected chi connectivity index (χ1v) is 9.65. The van der Waals surface area contributed by atoms with Crippen LogP contribution in [-0.2, 0) is 4.79 Å². The molecular formula is C20H20N4O3S. The highest BCUT2D eigenvalue weighted by molar-refractivity contribution is 8.00. The molecule has 1 aromatic heterocycles. The number of aryl methyl sites for hydroxylation is 1. The van der Waals surface area contributed by atoms with Crippen molar-refractivity contribution in [3.05, 3.63) is 65.7 Å². The SMILES string of the molecule is CCNC(=O)NC(=O)[C@@H](Sc1nnc(-c2ccc(C)cc2)o1)c1ccccc1. The molecule has 1 heterocycles. The molecule has 0 spiro atoms. The summed E-state index contributed by atoms with van der Waals surface area (Å²) in [5, 5.41) is 12.5. The number of thioether (sulfide) groups is 1. The van der Waals surface area contributed by atoms with E-state index in [4.69, 9.17) is 4.42 Å². The third kappa shape index (κ3) is 4.98. The number of rotatable bonds is 6. The topological polar surface area (TPSA) is 97.1 Å². The molecule has 0 saturated heterocycles. The summed E-state index contributed by atoms with van der Waals surface area (Å²) >= 11 is 1.10. The van der Waals surface area contributed by atoms with E-state index in [1.807, 2.05) is 61.5 Å². The molecule has 3 amide bonds. The van der Waals surface area contributed by atoms with Crippen molar-refractivity contribution in [1.82, 2.24) is 20.8 Å². The highest BCUT2D eigenvalue weighted by Gasteiger charge is 2.26. The van der Waals surface area contributed by atoms with Crippen molar-refractivity contribution in [1.29, 1.82) is 0 Å². The van der Waals surface area contributed by atoms with E-state index in [-0.39, 0.29) is 5.22 Å². The van der Waals surface area contributed by atoms with Gasteiger partial charge in [0.05, 0.1) is 0 Å². The van der Waals surface area contributed by atoms with E-state index in [1.165, 1.54) is 0 Å². The third-order valence-corrected chi connectivity index (χ3v) is 4.93. The van der Waals surface area contributed by atoms with Gasteiger partial charge in [-0.1, -0.05) is 48.0 Å². The van der Waals surface area contributed by atoms with Gasteiger partial charge in [0.2, 0.25) is 11.8 Å². The zero-order valence-electron chi connectivity index (χ0n) is 15.5. The smallest absolute Gasteiger partial charge is 0.321 e. The Morgan fingerprint density at radius 2 is 1.79 bits per heavy atom. The van der Waals surface area contributed by atoms with Gasteiger partial charge in [-0.3, -0.25) is 10.1 Å². The molecule has 3 rings (SSSR count). The number of hydrogen-bond donors (Lipinski definition) is 2. The Morgan fingerprint density at radius 1 is 1.07 bits per heavy atom. The van der Waals surface area contributed by atoms with Crippen molar-refractivity contribution in [2.45, 2.75) is 24.3 Å². The number of amides is 3. The number of hydrogen-bond acceptors (Lipinski definition) is 6. The summed E-state index contributed by atoms with van der Waals surface area (Å²) in [4.78, 5) is 24.4. The van der Waals surface area contributed by atoms with E-state index in [2.05, 4.69) is 20.8 Å². The van der Waals surface area contributed by atoms with Crippen LogP contribution < -0.4 is 10.6 Å². The summed E-state index contributed by atoms with van der Waals surface area (Å²) in [5.74, 6) is -0.0873. The van der Waals surface area contributed by atoms with E-state index in [0.29, 0.717) is 12.4 Å². The Labute approximate surface area is 166 Å². The number of nitrogens with zero attached hydrogens (tertiary/aromatic N) is 2. The van der Waals surface area contributed by atoms with Crippen LogP contribution in [0.5, 0.6) is 0 Å². The molecule has 0 aliphatic rings. The molecule has 0 saturated carbocycles.